The smallest absolute Gasteiger partial charge is 0.329 e. The van der Waals surface area contributed by atoms with E-state index in [0.29, 0.717) is 28.4 Å². The van der Waals surface area contributed by atoms with E-state index in [1.54, 1.807) is 58.0 Å². The summed E-state index contributed by atoms with van der Waals surface area (Å²) in [5, 5.41) is 5.55. The molecule has 6 nitrogen and oxygen atoms in total. The molecule has 0 aliphatic rings. The van der Waals surface area contributed by atoms with Gasteiger partial charge in [0.25, 0.3) is 5.91 Å². The first-order valence-electron chi connectivity index (χ1n) is 9.34. The van der Waals surface area contributed by atoms with Crippen LogP contribution in [0.3, 0.4) is 0 Å². The number of carbonyl (C=O) groups is 2. The van der Waals surface area contributed by atoms with Crippen molar-refractivity contribution in [3.63, 3.8) is 0 Å². The minimum Gasteiger partial charge on any atom is -0.486 e. The minimum absolute atomic E-state index is 0.193. The highest BCUT2D eigenvalue weighted by atomic mass is 127. The first kappa shape index (κ1) is 24.0. The highest BCUT2D eigenvalue weighted by Gasteiger charge is 2.25. The van der Waals surface area contributed by atoms with Gasteiger partial charge in [0.15, 0.2) is 6.61 Å². The number of halogens is 3. The van der Waals surface area contributed by atoms with Crippen LogP contribution in [-0.4, -0.2) is 27.3 Å². The maximum Gasteiger partial charge on any atom is 0.329 e. The van der Waals surface area contributed by atoms with Crippen LogP contribution in [0.15, 0.2) is 36.4 Å². The van der Waals surface area contributed by atoms with Crippen molar-refractivity contribution in [1.82, 2.24) is 10.3 Å². The molecule has 0 aliphatic heterocycles. The zero-order valence-electron chi connectivity index (χ0n) is 17.1. The molecule has 1 heterocycles. The Morgan fingerprint density at radius 2 is 1.90 bits per heavy atom. The summed E-state index contributed by atoms with van der Waals surface area (Å²) < 4.78 is 28.1. The van der Waals surface area contributed by atoms with E-state index >= 15 is 0 Å². The number of benzene rings is 1. The number of nitrogens with zero attached hydrogens (tertiary/aromatic N) is 1. The number of anilines is 1. The molecule has 1 aromatic carbocycles. The molecule has 2 aromatic rings. The van der Waals surface area contributed by atoms with Crippen molar-refractivity contribution < 1.29 is 23.1 Å². The van der Waals surface area contributed by atoms with E-state index in [4.69, 9.17) is 4.74 Å². The minimum atomic E-state index is -2.96. The van der Waals surface area contributed by atoms with Crippen LogP contribution >= 0.6 is 22.6 Å². The van der Waals surface area contributed by atoms with Gasteiger partial charge >= 0.3 is 3.93 Å². The fraction of sp³-hybridized carbons (Fsp3) is 0.381. The number of carbonyl (C=O) groups excluding carboxylic acids is 2. The Hall–Kier alpha value is -2.30. The number of pyridine rings is 1. The Labute approximate surface area is 187 Å². The van der Waals surface area contributed by atoms with Crippen LogP contribution in [0.4, 0.5) is 14.6 Å². The van der Waals surface area contributed by atoms with Crippen LogP contribution in [0.1, 0.15) is 48.4 Å². The van der Waals surface area contributed by atoms with Gasteiger partial charge in [0, 0.05) is 39.8 Å². The summed E-state index contributed by atoms with van der Waals surface area (Å²) in [6.07, 6.45) is 0. The molecule has 0 bridgehead atoms. The SMILES string of the molecule is Cc1cc(C(=O)NC(C)c2cccc(OCC(F)(F)I)c2)cc(NC(=O)C(C)C)n1. The summed E-state index contributed by atoms with van der Waals surface area (Å²) in [5.41, 5.74) is 1.64. The molecule has 0 fully saturated rings. The number of alkyl halides is 3. The van der Waals surface area contributed by atoms with E-state index < -0.39 is 16.6 Å². The molecule has 1 unspecified atom stereocenters. The Bertz CT molecular complexity index is 917. The van der Waals surface area contributed by atoms with Crippen molar-refractivity contribution >= 4 is 40.2 Å². The molecule has 162 valence electrons. The van der Waals surface area contributed by atoms with Crippen molar-refractivity contribution in [3.8, 4) is 5.75 Å². The van der Waals surface area contributed by atoms with Crippen LogP contribution < -0.4 is 15.4 Å². The van der Waals surface area contributed by atoms with Gasteiger partial charge < -0.3 is 15.4 Å². The highest BCUT2D eigenvalue weighted by molar-refractivity contribution is 14.1. The lowest BCUT2D eigenvalue weighted by Crippen LogP contribution is -2.27. The van der Waals surface area contributed by atoms with Gasteiger partial charge in [-0.05, 0) is 43.7 Å². The normalized spacial score (nSPS) is 12.4. The molecule has 9 heteroatoms. The van der Waals surface area contributed by atoms with Crippen molar-refractivity contribution in [1.29, 1.82) is 0 Å². The predicted octanol–water partition coefficient (Wildman–Crippen LogP) is 4.88. The summed E-state index contributed by atoms with van der Waals surface area (Å²) in [7, 11) is 0. The lowest BCUT2D eigenvalue weighted by molar-refractivity contribution is -0.118. The second kappa shape index (κ2) is 10.1. The fourth-order valence-corrected chi connectivity index (χ4v) is 2.69. The van der Waals surface area contributed by atoms with Gasteiger partial charge in [-0.15, -0.1) is 0 Å². The third-order valence-corrected chi connectivity index (χ3v) is 4.41. The van der Waals surface area contributed by atoms with E-state index in [1.165, 1.54) is 6.07 Å². The molecule has 2 rings (SSSR count). The van der Waals surface area contributed by atoms with Crippen molar-refractivity contribution in [2.45, 2.75) is 37.7 Å². The van der Waals surface area contributed by atoms with E-state index in [0.717, 1.165) is 22.6 Å². The number of aromatic nitrogens is 1. The average molecular weight is 531 g/mol. The van der Waals surface area contributed by atoms with Crippen LogP contribution in [0.5, 0.6) is 5.75 Å². The molecular formula is C21H24F2IN3O3. The number of nitrogens with one attached hydrogen (secondary N) is 2. The summed E-state index contributed by atoms with van der Waals surface area (Å²) >= 11 is 1.02. The molecule has 0 aliphatic carbocycles. The Morgan fingerprint density at radius 1 is 1.20 bits per heavy atom. The van der Waals surface area contributed by atoms with Crippen molar-refractivity contribution in [2.24, 2.45) is 5.92 Å². The first-order valence-corrected chi connectivity index (χ1v) is 10.4. The standard InChI is InChI=1S/C21H24F2IN3O3/c1-12(2)19(28)27-18-10-16(8-13(3)25-18)20(29)26-14(4)15-6-5-7-17(9-15)30-11-21(22,23)24/h5-10,12,14H,11H2,1-4H3,(H,26,29)(H,25,27,28). The number of amides is 2. The number of aryl methyl sites for hydroxylation is 1. The van der Waals surface area contributed by atoms with Gasteiger partial charge in [-0.1, -0.05) is 26.0 Å². The van der Waals surface area contributed by atoms with Crippen LogP contribution in [0.2, 0.25) is 0 Å². The van der Waals surface area contributed by atoms with E-state index in [-0.39, 0.29) is 17.7 Å². The Kier molecular flexibility index (Phi) is 8.10. The zero-order chi connectivity index (χ0) is 22.5. The van der Waals surface area contributed by atoms with E-state index in [1.807, 2.05) is 0 Å². The number of hydrogen-bond acceptors (Lipinski definition) is 4. The van der Waals surface area contributed by atoms with Gasteiger partial charge in [-0.3, -0.25) is 9.59 Å². The van der Waals surface area contributed by atoms with Crippen molar-refractivity contribution in [3.05, 3.63) is 53.2 Å². The van der Waals surface area contributed by atoms with Gasteiger partial charge in [-0.25, -0.2) is 4.98 Å². The monoisotopic (exact) mass is 531 g/mol. The summed E-state index contributed by atoms with van der Waals surface area (Å²) in [5.74, 6) is -0.156. The maximum absolute atomic E-state index is 13.0. The van der Waals surface area contributed by atoms with E-state index in [9.17, 15) is 18.4 Å². The predicted molar refractivity (Wildman–Crippen MR) is 119 cm³/mol. The van der Waals surface area contributed by atoms with Gasteiger partial charge in [0.2, 0.25) is 5.91 Å². The quantitative estimate of drug-likeness (QED) is 0.376. The van der Waals surface area contributed by atoms with Crippen molar-refractivity contribution in [2.75, 3.05) is 11.9 Å². The average Bonchev–Trinajstić information content (AvgIpc) is 2.65. The Balaban J connectivity index is 2.10. The second-order valence-corrected chi connectivity index (χ2v) is 8.78. The maximum atomic E-state index is 13.0. The first-order chi connectivity index (χ1) is 13.9. The fourth-order valence-electron chi connectivity index (χ4n) is 2.54. The van der Waals surface area contributed by atoms with Crippen LogP contribution in [0, 0.1) is 12.8 Å². The largest absolute Gasteiger partial charge is 0.486 e. The molecule has 0 saturated heterocycles. The molecule has 1 aromatic heterocycles. The number of rotatable bonds is 8. The molecule has 0 radical (unpaired) electrons. The van der Waals surface area contributed by atoms with Crippen LogP contribution in [-0.2, 0) is 4.79 Å². The number of hydrogen-bond donors (Lipinski definition) is 2. The molecule has 2 amide bonds. The third kappa shape index (κ3) is 7.51. The molecule has 0 spiro atoms. The molecule has 0 saturated carbocycles. The molecule has 30 heavy (non-hydrogen) atoms. The molecule has 2 N–H and O–H groups in total. The third-order valence-electron chi connectivity index (χ3n) is 4.10. The molecule has 1 atom stereocenters. The van der Waals surface area contributed by atoms with Gasteiger partial charge in [0.1, 0.15) is 11.6 Å². The second-order valence-electron chi connectivity index (χ2n) is 7.20. The van der Waals surface area contributed by atoms with Crippen LogP contribution in [0.25, 0.3) is 0 Å². The number of ether oxygens (including phenoxy) is 1. The topological polar surface area (TPSA) is 80.3 Å². The lowest BCUT2D eigenvalue weighted by Gasteiger charge is -2.17. The highest BCUT2D eigenvalue weighted by Crippen LogP contribution is 2.25. The van der Waals surface area contributed by atoms with E-state index in [2.05, 4.69) is 15.6 Å². The summed E-state index contributed by atoms with van der Waals surface area (Å²) in [6, 6.07) is 9.37. The van der Waals surface area contributed by atoms with Gasteiger partial charge in [-0.2, -0.15) is 8.78 Å². The zero-order valence-corrected chi connectivity index (χ0v) is 19.3. The summed E-state index contributed by atoms with van der Waals surface area (Å²) in [4.78, 5) is 28.9. The Morgan fingerprint density at radius 3 is 2.53 bits per heavy atom. The molecular weight excluding hydrogens is 507 g/mol. The summed E-state index contributed by atoms with van der Waals surface area (Å²) in [6.45, 7) is 6.30. The van der Waals surface area contributed by atoms with Gasteiger partial charge in [0.05, 0.1) is 6.04 Å². The lowest BCUT2D eigenvalue weighted by atomic mass is 10.1.